The van der Waals surface area contributed by atoms with E-state index in [1.807, 2.05) is 0 Å². The van der Waals surface area contributed by atoms with Crippen molar-refractivity contribution in [1.82, 2.24) is 4.98 Å². The fourth-order valence-electron chi connectivity index (χ4n) is 1.74. The van der Waals surface area contributed by atoms with Gasteiger partial charge >= 0.3 is 0 Å². The van der Waals surface area contributed by atoms with Crippen LogP contribution in [0.2, 0.25) is 0 Å². The molecule has 0 bridgehead atoms. The Kier molecular flexibility index (Phi) is 5.14. The van der Waals surface area contributed by atoms with Gasteiger partial charge in [0.25, 0.3) is 0 Å². The lowest BCUT2D eigenvalue weighted by atomic mass is 10.2. The maximum Gasteiger partial charge on any atom is 0.248 e. The Morgan fingerprint density at radius 1 is 1.09 bits per heavy atom. The first kappa shape index (κ1) is 16.3. The van der Waals surface area contributed by atoms with Gasteiger partial charge in [-0.15, -0.1) is 0 Å². The van der Waals surface area contributed by atoms with E-state index in [1.54, 1.807) is 24.4 Å². The molecular formula is C16H13F2N3O2. The Labute approximate surface area is 131 Å². The second-order valence-corrected chi connectivity index (χ2v) is 4.57. The summed E-state index contributed by atoms with van der Waals surface area (Å²) in [6, 6.07) is 6.78. The summed E-state index contributed by atoms with van der Waals surface area (Å²) in [6.45, 7) is 1.19. The van der Waals surface area contributed by atoms with Crippen molar-refractivity contribution in [2.75, 3.05) is 10.6 Å². The highest BCUT2D eigenvalue weighted by molar-refractivity contribution is 6.02. The summed E-state index contributed by atoms with van der Waals surface area (Å²) >= 11 is 0. The highest BCUT2D eigenvalue weighted by Gasteiger charge is 2.12. The van der Waals surface area contributed by atoms with Crippen molar-refractivity contribution in [3.63, 3.8) is 0 Å². The van der Waals surface area contributed by atoms with Crippen LogP contribution in [0.5, 0.6) is 0 Å². The minimum atomic E-state index is -0.948. The summed E-state index contributed by atoms with van der Waals surface area (Å²) < 4.78 is 27.2. The molecule has 0 saturated heterocycles. The third kappa shape index (κ3) is 4.70. The predicted octanol–water partition coefficient (Wildman–Crippen LogP) is 2.97. The molecule has 1 aromatic heterocycles. The smallest absolute Gasteiger partial charge is 0.248 e. The minimum absolute atomic E-state index is 0.220. The number of benzene rings is 1. The normalized spacial score (nSPS) is 10.6. The van der Waals surface area contributed by atoms with Crippen LogP contribution in [0.25, 0.3) is 6.08 Å². The number of nitrogens with one attached hydrogen (secondary N) is 2. The fourth-order valence-corrected chi connectivity index (χ4v) is 1.74. The van der Waals surface area contributed by atoms with Gasteiger partial charge in [0, 0.05) is 25.3 Å². The van der Waals surface area contributed by atoms with Crippen molar-refractivity contribution in [2.45, 2.75) is 6.92 Å². The molecule has 0 radical (unpaired) electrons. The lowest BCUT2D eigenvalue weighted by Crippen LogP contribution is -2.12. The number of halogens is 2. The van der Waals surface area contributed by atoms with Crippen LogP contribution in [0.1, 0.15) is 12.6 Å². The molecule has 0 fully saturated rings. The maximum atomic E-state index is 13.7. The molecule has 2 amide bonds. The van der Waals surface area contributed by atoms with Gasteiger partial charge in [-0.05, 0) is 24.3 Å². The zero-order chi connectivity index (χ0) is 16.8. The topological polar surface area (TPSA) is 71.1 Å². The Bertz CT molecular complexity index is 761. The summed E-state index contributed by atoms with van der Waals surface area (Å²) in [5, 5.41) is 4.49. The van der Waals surface area contributed by atoms with Gasteiger partial charge in [0.2, 0.25) is 11.8 Å². The van der Waals surface area contributed by atoms with E-state index in [-0.39, 0.29) is 11.4 Å². The lowest BCUT2D eigenvalue weighted by Gasteiger charge is -2.09. The van der Waals surface area contributed by atoms with Gasteiger partial charge in [0.1, 0.15) is 11.6 Å². The molecule has 7 heteroatoms. The number of rotatable bonds is 4. The Hall–Kier alpha value is -3.09. The third-order valence-corrected chi connectivity index (χ3v) is 2.72. The van der Waals surface area contributed by atoms with Gasteiger partial charge in [-0.2, -0.15) is 0 Å². The van der Waals surface area contributed by atoms with Crippen molar-refractivity contribution < 1.29 is 18.4 Å². The monoisotopic (exact) mass is 317 g/mol. The van der Waals surface area contributed by atoms with E-state index in [9.17, 15) is 18.4 Å². The van der Waals surface area contributed by atoms with Crippen LogP contribution in [0, 0.1) is 11.6 Å². The molecule has 0 aliphatic rings. The van der Waals surface area contributed by atoms with Gasteiger partial charge in [-0.3, -0.25) is 14.6 Å². The van der Waals surface area contributed by atoms with E-state index in [4.69, 9.17) is 0 Å². The van der Waals surface area contributed by atoms with Crippen LogP contribution in [0.15, 0.2) is 42.6 Å². The highest BCUT2D eigenvalue weighted by atomic mass is 19.1. The number of pyridine rings is 1. The van der Waals surface area contributed by atoms with E-state index < -0.39 is 23.4 Å². The molecule has 118 valence electrons. The van der Waals surface area contributed by atoms with Gasteiger partial charge < -0.3 is 10.6 Å². The standard InChI is InChI=1S/C16H13F2N3O2/c1-10(22)20-14-9-15(13(18)8-12(14)17)21-16(23)6-5-11-4-2-3-7-19-11/h2-9H,1H3,(H,20,22)(H,21,23)/b6-5+. The molecule has 1 heterocycles. The molecule has 2 rings (SSSR count). The predicted molar refractivity (Wildman–Crippen MR) is 82.6 cm³/mol. The largest absolute Gasteiger partial charge is 0.324 e. The Morgan fingerprint density at radius 3 is 2.39 bits per heavy atom. The number of carbonyl (C=O) groups is 2. The summed E-state index contributed by atoms with van der Waals surface area (Å²) in [5.74, 6) is -3.01. The molecular weight excluding hydrogens is 304 g/mol. The second kappa shape index (κ2) is 7.26. The molecule has 2 aromatic rings. The number of aromatic nitrogens is 1. The van der Waals surface area contributed by atoms with Crippen LogP contribution >= 0.6 is 0 Å². The number of nitrogens with zero attached hydrogens (tertiary/aromatic N) is 1. The lowest BCUT2D eigenvalue weighted by molar-refractivity contribution is -0.114. The number of hydrogen-bond acceptors (Lipinski definition) is 3. The van der Waals surface area contributed by atoms with E-state index >= 15 is 0 Å². The number of anilines is 2. The van der Waals surface area contributed by atoms with Crippen LogP contribution in [-0.4, -0.2) is 16.8 Å². The van der Waals surface area contributed by atoms with Crippen molar-refractivity contribution in [3.05, 3.63) is 59.9 Å². The quantitative estimate of drug-likeness (QED) is 0.852. The van der Waals surface area contributed by atoms with E-state index in [2.05, 4.69) is 15.6 Å². The SMILES string of the molecule is CC(=O)Nc1cc(NC(=O)/C=C/c2ccccn2)c(F)cc1F. The number of carbonyl (C=O) groups excluding carboxylic acids is 2. The van der Waals surface area contributed by atoms with Crippen LogP contribution in [0.4, 0.5) is 20.2 Å². The molecule has 5 nitrogen and oxygen atoms in total. The van der Waals surface area contributed by atoms with E-state index in [1.165, 1.54) is 19.1 Å². The molecule has 23 heavy (non-hydrogen) atoms. The van der Waals surface area contributed by atoms with Gasteiger partial charge in [0.05, 0.1) is 17.1 Å². The average molecular weight is 317 g/mol. The Balaban J connectivity index is 2.14. The van der Waals surface area contributed by atoms with E-state index in [0.29, 0.717) is 11.8 Å². The number of hydrogen-bond donors (Lipinski definition) is 2. The molecule has 0 aliphatic heterocycles. The summed E-state index contributed by atoms with van der Waals surface area (Å²) in [4.78, 5) is 26.7. The van der Waals surface area contributed by atoms with Crippen molar-refractivity contribution in [1.29, 1.82) is 0 Å². The molecule has 0 spiro atoms. The summed E-state index contributed by atoms with van der Waals surface area (Å²) in [6.07, 6.45) is 4.19. The minimum Gasteiger partial charge on any atom is -0.324 e. The third-order valence-electron chi connectivity index (χ3n) is 2.72. The zero-order valence-electron chi connectivity index (χ0n) is 12.1. The Morgan fingerprint density at radius 2 is 1.78 bits per heavy atom. The molecule has 2 N–H and O–H groups in total. The summed E-state index contributed by atoms with van der Waals surface area (Å²) in [7, 11) is 0. The fraction of sp³-hybridized carbons (Fsp3) is 0.0625. The molecule has 1 aromatic carbocycles. The van der Waals surface area contributed by atoms with Gasteiger partial charge in [0.15, 0.2) is 0 Å². The first-order valence-electron chi connectivity index (χ1n) is 6.62. The molecule has 0 atom stereocenters. The summed E-state index contributed by atoms with van der Waals surface area (Å²) in [5.41, 5.74) is 0.0925. The first-order valence-corrected chi connectivity index (χ1v) is 6.62. The van der Waals surface area contributed by atoms with E-state index in [0.717, 1.165) is 6.07 Å². The van der Waals surface area contributed by atoms with Gasteiger partial charge in [-0.1, -0.05) is 6.07 Å². The molecule has 0 saturated carbocycles. The van der Waals surface area contributed by atoms with Crippen LogP contribution < -0.4 is 10.6 Å². The molecule has 0 aliphatic carbocycles. The first-order chi connectivity index (χ1) is 11.0. The van der Waals surface area contributed by atoms with Crippen LogP contribution in [0.3, 0.4) is 0 Å². The zero-order valence-corrected chi connectivity index (χ0v) is 12.1. The van der Waals surface area contributed by atoms with Crippen molar-refractivity contribution in [2.24, 2.45) is 0 Å². The van der Waals surface area contributed by atoms with Crippen molar-refractivity contribution >= 4 is 29.3 Å². The van der Waals surface area contributed by atoms with Crippen LogP contribution in [-0.2, 0) is 9.59 Å². The highest BCUT2D eigenvalue weighted by Crippen LogP contribution is 2.23. The molecule has 0 unspecified atom stereocenters. The maximum absolute atomic E-state index is 13.7. The average Bonchev–Trinajstić information content (AvgIpc) is 2.50. The number of amides is 2. The second-order valence-electron chi connectivity index (χ2n) is 4.57. The van der Waals surface area contributed by atoms with Crippen molar-refractivity contribution in [3.8, 4) is 0 Å². The van der Waals surface area contributed by atoms with Gasteiger partial charge in [-0.25, -0.2) is 8.78 Å².